The Bertz CT molecular complexity index is 1150. The van der Waals surface area contributed by atoms with Crippen molar-refractivity contribution in [3.63, 3.8) is 0 Å². The molecule has 0 saturated heterocycles. The molecule has 9 heteroatoms. The molecular weight excluding hydrogens is 383 g/mol. The molecule has 0 radical (unpaired) electrons. The molecule has 0 aliphatic heterocycles. The number of carbonyl (C=O) groups is 1. The first kappa shape index (κ1) is 17.9. The molecule has 0 aliphatic carbocycles. The maximum Gasteiger partial charge on any atom is 0.258 e. The van der Waals surface area contributed by atoms with Gasteiger partial charge in [-0.2, -0.15) is 4.98 Å². The Morgan fingerprint density at radius 3 is 2.57 bits per heavy atom. The van der Waals surface area contributed by atoms with Crippen LogP contribution >= 0.6 is 11.3 Å². The van der Waals surface area contributed by atoms with Crippen molar-refractivity contribution in [2.75, 3.05) is 19.5 Å². The molecule has 28 heavy (non-hydrogen) atoms. The lowest BCUT2D eigenvalue weighted by atomic mass is 10.2. The van der Waals surface area contributed by atoms with Crippen molar-refractivity contribution in [3.05, 3.63) is 59.2 Å². The zero-order valence-corrected chi connectivity index (χ0v) is 15.8. The first-order valence-electron chi connectivity index (χ1n) is 8.22. The average Bonchev–Trinajstić information content (AvgIpc) is 3.28. The highest BCUT2D eigenvalue weighted by molar-refractivity contribution is 7.15. The van der Waals surface area contributed by atoms with Crippen molar-refractivity contribution in [2.45, 2.75) is 0 Å². The number of rotatable bonds is 5. The zero-order valence-electron chi connectivity index (χ0n) is 15.0. The summed E-state index contributed by atoms with van der Waals surface area (Å²) in [7, 11) is 3.03. The van der Waals surface area contributed by atoms with Gasteiger partial charge in [-0.25, -0.2) is 8.91 Å². The lowest BCUT2D eigenvalue weighted by Gasteiger charge is -2.08. The number of halogens is 1. The molecule has 1 amide bonds. The number of hydrogen-bond acceptors (Lipinski definition) is 6. The van der Waals surface area contributed by atoms with Crippen LogP contribution in [0.1, 0.15) is 10.4 Å². The summed E-state index contributed by atoms with van der Waals surface area (Å²) in [6.45, 7) is 0. The summed E-state index contributed by atoms with van der Waals surface area (Å²) in [6.07, 6.45) is 0. The topological polar surface area (TPSA) is 77.8 Å². The van der Waals surface area contributed by atoms with Gasteiger partial charge in [0, 0.05) is 16.5 Å². The minimum atomic E-state index is -0.373. The first-order valence-corrected chi connectivity index (χ1v) is 9.10. The Balaban J connectivity index is 1.60. The number of aromatic nitrogens is 3. The van der Waals surface area contributed by atoms with E-state index in [1.54, 1.807) is 34.8 Å². The maximum absolute atomic E-state index is 13.2. The van der Waals surface area contributed by atoms with Crippen LogP contribution in [-0.4, -0.2) is 34.7 Å². The highest BCUT2D eigenvalue weighted by atomic mass is 32.1. The first-order chi connectivity index (χ1) is 13.6. The number of nitrogens with one attached hydrogen (secondary N) is 1. The second-order valence-corrected chi connectivity index (χ2v) is 6.62. The van der Waals surface area contributed by atoms with E-state index >= 15 is 0 Å². The number of hydrogen-bond donors (Lipinski definition) is 1. The standard InChI is InChI=1S/C19H15FN4O3S/c1-26-15-8-5-12(9-16(15)27-2)17(25)21-18-22-19-24(23-18)14(10-28-19)11-3-6-13(20)7-4-11/h3-10H,1-2H3,(H,21,23,25). The molecule has 0 fully saturated rings. The van der Waals surface area contributed by atoms with E-state index in [0.717, 1.165) is 11.3 Å². The van der Waals surface area contributed by atoms with Gasteiger partial charge in [0.05, 0.1) is 19.9 Å². The van der Waals surface area contributed by atoms with Crippen molar-refractivity contribution in [2.24, 2.45) is 0 Å². The van der Waals surface area contributed by atoms with Crippen molar-refractivity contribution in [3.8, 4) is 22.8 Å². The van der Waals surface area contributed by atoms with Gasteiger partial charge in [-0.15, -0.1) is 16.4 Å². The van der Waals surface area contributed by atoms with Gasteiger partial charge in [-0.3, -0.25) is 10.1 Å². The summed E-state index contributed by atoms with van der Waals surface area (Å²) < 4.78 is 25.2. The Hall–Kier alpha value is -3.46. The summed E-state index contributed by atoms with van der Waals surface area (Å²) in [5.74, 6) is 0.477. The minimum Gasteiger partial charge on any atom is -0.493 e. The van der Waals surface area contributed by atoms with E-state index in [1.165, 1.54) is 37.7 Å². The Morgan fingerprint density at radius 2 is 1.86 bits per heavy atom. The van der Waals surface area contributed by atoms with E-state index in [9.17, 15) is 9.18 Å². The molecule has 0 saturated carbocycles. The van der Waals surface area contributed by atoms with E-state index in [-0.39, 0.29) is 17.7 Å². The highest BCUT2D eigenvalue weighted by Gasteiger charge is 2.16. The minimum absolute atomic E-state index is 0.176. The predicted molar refractivity (Wildman–Crippen MR) is 104 cm³/mol. The molecule has 1 N–H and O–H groups in total. The molecule has 142 valence electrons. The monoisotopic (exact) mass is 398 g/mol. The molecule has 0 bridgehead atoms. The molecule has 0 spiro atoms. The van der Waals surface area contributed by atoms with Crippen LogP contribution in [0.25, 0.3) is 16.2 Å². The zero-order chi connectivity index (χ0) is 19.7. The number of methoxy groups -OCH3 is 2. The van der Waals surface area contributed by atoms with Gasteiger partial charge in [-0.05, 0) is 42.5 Å². The highest BCUT2D eigenvalue weighted by Crippen LogP contribution is 2.28. The van der Waals surface area contributed by atoms with E-state index in [0.29, 0.717) is 22.0 Å². The van der Waals surface area contributed by atoms with Crippen LogP contribution in [0.2, 0.25) is 0 Å². The number of benzene rings is 2. The van der Waals surface area contributed by atoms with Gasteiger partial charge in [0.2, 0.25) is 4.96 Å². The third-order valence-corrected chi connectivity index (χ3v) is 4.91. The van der Waals surface area contributed by atoms with E-state index in [4.69, 9.17) is 9.47 Å². The molecule has 0 aliphatic rings. The van der Waals surface area contributed by atoms with Crippen molar-refractivity contribution < 1.29 is 18.7 Å². The normalized spacial score (nSPS) is 10.8. The number of ether oxygens (including phenoxy) is 2. The van der Waals surface area contributed by atoms with Gasteiger partial charge in [0.1, 0.15) is 5.82 Å². The molecule has 0 atom stereocenters. The number of anilines is 1. The van der Waals surface area contributed by atoms with Crippen LogP contribution in [0, 0.1) is 5.82 Å². The molecule has 2 heterocycles. The van der Waals surface area contributed by atoms with Crippen LogP contribution in [0.4, 0.5) is 10.3 Å². The summed E-state index contributed by atoms with van der Waals surface area (Å²) >= 11 is 1.38. The SMILES string of the molecule is COc1ccc(C(=O)Nc2nc3scc(-c4ccc(F)cc4)n3n2)cc1OC. The fourth-order valence-corrected chi connectivity index (χ4v) is 3.54. The number of thiazole rings is 1. The van der Waals surface area contributed by atoms with E-state index in [2.05, 4.69) is 15.4 Å². The van der Waals surface area contributed by atoms with Crippen LogP contribution in [0.5, 0.6) is 11.5 Å². The van der Waals surface area contributed by atoms with Crippen LogP contribution < -0.4 is 14.8 Å². The van der Waals surface area contributed by atoms with Crippen molar-refractivity contribution >= 4 is 28.2 Å². The van der Waals surface area contributed by atoms with Crippen LogP contribution in [0.3, 0.4) is 0 Å². The second-order valence-electron chi connectivity index (χ2n) is 5.78. The summed E-state index contributed by atoms with van der Waals surface area (Å²) in [6, 6.07) is 11.0. The third-order valence-electron chi connectivity index (χ3n) is 4.09. The van der Waals surface area contributed by atoms with Crippen molar-refractivity contribution in [1.82, 2.24) is 14.6 Å². The Labute approximate surface area is 163 Å². The largest absolute Gasteiger partial charge is 0.493 e. The van der Waals surface area contributed by atoms with Crippen LogP contribution in [0.15, 0.2) is 47.8 Å². The predicted octanol–water partition coefficient (Wildman–Crippen LogP) is 3.87. The van der Waals surface area contributed by atoms with Crippen LogP contribution in [-0.2, 0) is 0 Å². The lowest BCUT2D eigenvalue weighted by molar-refractivity contribution is 0.102. The Morgan fingerprint density at radius 1 is 1.11 bits per heavy atom. The number of amides is 1. The third kappa shape index (κ3) is 3.27. The Kier molecular flexibility index (Phi) is 4.66. The summed E-state index contributed by atoms with van der Waals surface area (Å²) in [4.78, 5) is 17.5. The molecule has 2 aromatic carbocycles. The van der Waals surface area contributed by atoms with Gasteiger partial charge in [0.15, 0.2) is 11.5 Å². The number of fused-ring (bicyclic) bond motifs is 1. The molecule has 0 unspecified atom stereocenters. The van der Waals surface area contributed by atoms with Crippen molar-refractivity contribution in [1.29, 1.82) is 0 Å². The van der Waals surface area contributed by atoms with Gasteiger partial charge in [0.25, 0.3) is 11.9 Å². The van der Waals surface area contributed by atoms with E-state index < -0.39 is 0 Å². The van der Waals surface area contributed by atoms with Gasteiger partial charge in [-0.1, -0.05) is 0 Å². The second kappa shape index (κ2) is 7.28. The molecule has 7 nitrogen and oxygen atoms in total. The molecular formula is C19H15FN4O3S. The molecule has 4 aromatic rings. The smallest absolute Gasteiger partial charge is 0.258 e. The summed E-state index contributed by atoms with van der Waals surface area (Å²) in [5, 5.41) is 8.90. The molecule has 4 rings (SSSR count). The lowest BCUT2D eigenvalue weighted by Crippen LogP contribution is -2.13. The molecule has 2 aromatic heterocycles. The fraction of sp³-hybridized carbons (Fsp3) is 0.105. The average molecular weight is 398 g/mol. The fourth-order valence-electron chi connectivity index (χ4n) is 2.70. The van der Waals surface area contributed by atoms with Gasteiger partial charge >= 0.3 is 0 Å². The van der Waals surface area contributed by atoms with E-state index in [1.807, 2.05) is 5.38 Å². The number of carbonyl (C=O) groups excluding carboxylic acids is 1. The summed E-state index contributed by atoms with van der Waals surface area (Å²) in [5.41, 5.74) is 1.95. The quantitative estimate of drug-likeness (QED) is 0.552. The van der Waals surface area contributed by atoms with Gasteiger partial charge < -0.3 is 9.47 Å². The maximum atomic E-state index is 13.2. The number of nitrogens with zero attached hydrogens (tertiary/aromatic N) is 3.